The molecule has 2 N–H and O–H groups in total. The molecular weight excluding hydrogens is 345 g/mol. The summed E-state index contributed by atoms with van der Waals surface area (Å²) in [6, 6.07) is 6.34. The van der Waals surface area contributed by atoms with Crippen molar-refractivity contribution in [1.29, 1.82) is 0 Å². The van der Waals surface area contributed by atoms with Crippen molar-refractivity contribution in [3.63, 3.8) is 0 Å². The van der Waals surface area contributed by atoms with Gasteiger partial charge in [0.2, 0.25) is 0 Å². The molecule has 0 unspecified atom stereocenters. The smallest absolute Gasteiger partial charge is 0.373 e. The quantitative estimate of drug-likeness (QED) is 0.229. The average molecular weight is 364 g/mol. The molecule has 0 aliphatic rings. The zero-order valence-electron chi connectivity index (χ0n) is 12.6. The maximum absolute atomic E-state index is 11.5. The lowest BCUT2D eigenvalue weighted by Gasteiger charge is -2.08. The molecule has 0 aromatic heterocycles. The normalized spacial score (nSPS) is 12.1. The van der Waals surface area contributed by atoms with E-state index in [2.05, 4.69) is 9.99 Å². The predicted molar refractivity (Wildman–Crippen MR) is 86.7 cm³/mol. The summed E-state index contributed by atoms with van der Waals surface area (Å²) in [4.78, 5) is 34.4. The molecule has 128 valence electrons. The van der Waals surface area contributed by atoms with Crippen molar-refractivity contribution in [3.8, 4) is 5.75 Å². The van der Waals surface area contributed by atoms with Crippen LogP contribution in [0.4, 0.5) is 0 Å². The van der Waals surface area contributed by atoms with Crippen LogP contribution in [0.2, 0.25) is 5.02 Å². The van der Waals surface area contributed by atoms with Crippen LogP contribution in [0.1, 0.15) is 32.6 Å². The minimum absolute atomic E-state index is 0.0729. The average Bonchev–Trinajstić information content (AvgIpc) is 2.49. The van der Waals surface area contributed by atoms with Gasteiger partial charge in [0, 0.05) is 11.4 Å². The van der Waals surface area contributed by atoms with Crippen molar-refractivity contribution < 1.29 is 28.7 Å². The van der Waals surface area contributed by atoms with E-state index in [9.17, 15) is 9.36 Å². The number of benzene rings is 1. The van der Waals surface area contributed by atoms with Crippen molar-refractivity contribution >= 4 is 30.6 Å². The number of oxime groups is 1. The molecule has 23 heavy (non-hydrogen) atoms. The Labute approximate surface area is 139 Å². The molecule has 0 radical (unpaired) electrons. The molecule has 0 spiro atoms. The summed E-state index contributed by atoms with van der Waals surface area (Å²) in [6.45, 7) is 1.52. The summed E-state index contributed by atoms with van der Waals surface area (Å²) < 4.78 is 16.4. The largest absolute Gasteiger partial charge is 0.482 e. The topological polar surface area (TPSA) is 105 Å². The number of unbranched alkanes of at least 4 members (excludes halogenated alkanes) is 2. The van der Waals surface area contributed by atoms with E-state index in [1.54, 1.807) is 24.3 Å². The standard InChI is InChI=1S/C14H19ClNO6P/c1-2-3-4-5-13(23(18,19)20)16-22-14(17)10-21-12-8-6-11(15)7-9-12/h6-9H,2-5,10H2,1H3,(H2,18,19,20). The van der Waals surface area contributed by atoms with Crippen molar-refractivity contribution in [2.24, 2.45) is 5.16 Å². The molecule has 0 saturated carbocycles. The summed E-state index contributed by atoms with van der Waals surface area (Å²) in [6.07, 6.45) is 2.32. The SMILES string of the molecule is CCCCCC(=NOC(=O)COc1ccc(Cl)cc1)P(=O)(O)O. The fraction of sp³-hybridized carbons (Fsp3) is 0.429. The van der Waals surface area contributed by atoms with E-state index in [1.807, 2.05) is 6.92 Å². The molecule has 1 rings (SSSR count). The van der Waals surface area contributed by atoms with E-state index in [0.29, 0.717) is 17.2 Å². The maximum atomic E-state index is 11.5. The monoisotopic (exact) mass is 363 g/mol. The van der Waals surface area contributed by atoms with E-state index < -0.39 is 25.6 Å². The van der Waals surface area contributed by atoms with Gasteiger partial charge in [0.15, 0.2) is 12.1 Å². The molecule has 0 heterocycles. The number of nitrogens with zero attached hydrogens (tertiary/aromatic N) is 1. The highest BCUT2D eigenvalue weighted by atomic mass is 35.5. The van der Waals surface area contributed by atoms with Crippen LogP contribution in [0.5, 0.6) is 5.75 Å². The molecule has 0 fully saturated rings. The molecule has 0 bridgehead atoms. The second kappa shape index (κ2) is 9.67. The van der Waals surface area contributed by atoms with Crippen LogP contribution in [0, 0.1) is 0 Å². The molecule has 0 amide bonds. The first kappa shape index (κ1) is 19.6. The highest BCUT2D eigenvalue weighted by Crippen LogP contribution is 2.39. The van der Waals surface area contributed by atoms with Crippen LogP contribution in [0.25, 0.3) is 0 Å². The third-order valence-corrected chi connectivity index (χ3v) is 3.99. The predicted octanol–water partition coefficient (Wildman–Crippen LogP) is 3.33. The second-order valence-corrected chi connectivity index (χ2v) is 6.76. The van der Waals surface area contributed by atoms with Crippen LogP contribution in [0.15, 0.2) is 29.4 Å². The fourth-order valence-corrected chi connectivity index (χ4v) is 2.30. The van der Waals surface area contributed by atoms with Gasteiger partial charge in [-0.15, -0.1) is 0 Å². The summed E-state index contributed by atoms with van der Waals surface area (Å²) >= 11 is 5.71. The lowest BCUT2D eigenvalue weighted by molar-refractivity contribution is -0.146. The zero-order valence-corrected chi connectivity index (χ0v) is 14.3. The third-order valence-electron chi connectivity index (χ3n) is 2.76. The summed E-state index contributed by atoms with van der Waals surface area (Å²) in [5.74, 6) is -0.449. The van der Waals surface area contributed by atoms with E-state index in [-0.39, 0.29) is 6.42 Å². The molecule has 1 aromatic carbocycles. The van der Waals surface area contributed by atoms with Gasteiger partial charge in [-0.1, -0.05) is 36.5 Å². The van der Waals surface area contributed by atoms with Crippen LogP contribution in [-0.4, -0.2) is 27.8 Å². The minimum atomic E-state index is -4.54. The van der Waals surface area contributed by atoms with E-state index >= 15 is 0 Å². The Morgan fingerprint density at radius 3 is 2.48 bits per heavy atom. The van der Waals surface area contributed by atoms with E-state index in [1.165, 1.54) is 0 Å². The first-order chi connectivity index (χ1) is 10.8. The van der Waals surface area contributed by atoms with Crippen LogP contribution in [-0.2, 0) is 14.2 Å². The number of hydrogen-bond donors (Lipinski definition) is 2. The molecule has 0 saturated heterocycles. The van der Waals surface area contributed by atoms with Gasteiger partial charge in [-0.3, -0.25) is 4.57 Å². The first-order valence-corrected chi connectivity index (χ1v) is 9.03. The lowest BCUT2D eigenvalue weighted by Crippen LogP contribution is -2.13. The summed E-state index contributed by atoms with van der Waals surface area (Å²) in [5.41, 5.74) is -0.439. The number of halogens is 1. The van der Waals surface area contributed by atoms with Gasteiger partial charge < -0.3 is 19.4 Å². The second-order valence-electron chi connectivity index (χ2n) is 4.71. The van der Waals surface area contributed by atoms with Crippen LogP contribution < -0.4 is 4.74 Å². The van der Waals surface area contributed by atoms with Crippen molar-refractivity contribution in [1.82, 2.24) is 0 Å². The van der Waals surface area contributed by atoms with Gasteiger partial charge in [-0.25, -0.2) is 4.79 Å². The van der Waals surface area contributed by atoms with Crippen molar-refractivity contribution in [2.75, 3.05) is 6.61 Å². The van der Waals surface area contributed by atoms with Gasteiger partial charge in [0.1, 0.15) is 5.75 Å². The maximum Gasteiger partial charge on any atom is 0.373 e. The van der Waals surface area contributed by atoms with Gasteiger partial charge >= 0.3 is 13.6 Å². The van der Waals surface area contributed by atoms with E-state index in [0.717, 1.165) is 12.8 Å². The highest BCUT2D eigenvalue weighted by Gasteiger charge is 2.24. The molecule has 0 aliphatic heterocycles. The number of hydrogen-bond acceptors (Lipinski definition) is 5. The molecule has 1 aromatic rings. The Bertz CT molecular complexity index is 583. The third kappa shape index (κ3) is 8.13. The zero-order chi connectivity index (χ0) is 17.3. The molecular formula is C14H19ClNO6P. The van der Waals surface area contributed by atoms with Gasteiger partial charge in [-0.2, -0.15) is 0 Å². The fourth-order valence-electron chi connectivity index (χ4n) is 1.58. The number of carbonyl (C=O) groups excluding carboxylic acids is 1. The molecule has 0 aliphatic carbocycles. The Kier molecular flexibility index (Phi) is 8.26. The summed E-state index contributed by atoms with van der Waals surface area (Å²) in [7, 11) is -4.54. The number of ether oxygens (including phenoxy) is 1. The highest BCUT2D eigenvalue weighted by molar-refractivity contribution is 7.70. The number of carbonyl (C=O) groups is 1. The molecule has 7 nitrogen and oxygen atoms in total. The van der Waals surface area contributed by atoms with Crippen molar-refractivity contribution in [2.45, 2.75) is 32.6 Å². The molecule has 0 atom stereocenters. The lowest BCUT2D eigenvalue weighted by atomic mass is 10.2. The van der Waals surface area contributed by atoms with Gasteiger partial charge in [0.05, 0.1) is 0 Å². The Morgan fingerprint density at radius 1 is 1.26 bits per heavy atom. The number of rotatable bonds is 9. The Hall–Kier alpha value is -1.40. The van der Waals surface area contributed by atoms with Crippen molar-refractivity contribution in [3.05, 3.63) is 29.3 Å². The van der Waals surface area contributed by atoms with Gasteiger partial charge in [-0.05, 0) is 30.7 Å². The Balaban J connectivity index is 2.52. The van der Waals surface area contributed by atoms with Crippen LogP contribution in [0.3, 0.4) is 0 Å². The minimum Gasteiger partial charge on any atom is -0.482 e. The Morgan fingerprint density at radius 2 is 1.91 bits per heavy atom. The molecule has 9 heteroatoms. The van der Waals surface area contributed by atoms with Gasteiger partial charge in [0.25, 0.3) is 0 Å². The van der Waals surface area contributed by atoms with E-state index in [4.69, 9.17) is 26.1 Å². The summed E-state index contributed by atoms with van der Waals surface area (Å²) in [5, 5.41) is 3.83. The first-order valence-electron chi connectivity index (χ1n) is 7.04. The van der Waals surface area contributed by atoms with Crippen LogP contribution >= 0.6 is 19.2 Å².